The van der Waals surface area contributed by atoms with Crippen molar-refractivity contribution in [2.24, 2.45) is 10.2 Å². The Labute approximate surface area is 181 Å². The lowest BCUT2D eigenvalue weighted by atomic mass is 9.92. The summed E-state index contributed by atoms with van der Waals surface area (Å²) in [6.07, 6.45) is 3.14. The number of nitrogens with zero attached hydrogens (tertiary/aromatic N) is 2. The van der Waals surface area contributed by atoms with E-state index in [9.17, 15) is 4.79 Å². The molecule has 4 rings (SSSR count). The van der Waals surface area contributed by atoms with Crippen molar-refractivity contribution in [3.05, 3.63) is 130 Å². The van der Waals surface area contributed by atoms with Gasteiger partial charge in [-0.25, -0.2) is 0 Å². The van der Waals surface area contributed by atoms with Crippen molar-refractivity contribution in [3.63, 3.8) is 0 Å². The van der Waals surface area contributed by atoms with Crippen LogP contribution in [-0.4, -0.2) is 17.7 Å². The summed E-state index contributed by atoms with van der Waals surface area (Å²) in [6.45, 7) is 4.03. The van der Waals surface area contributed by atoms with Crippen LogP contribution in [0.2, 0.25) is 0 Å². The second-order valence-corrected chi connectivity index (χ2v) is 7.32. The first-order chi connectivity index (χ1) is 15.1. The Morgan fingerprint density at radius 3 is 1.97 bits per heavy atom. The third-order valence-electron chi connectivity index (χ3n) is 4.95. The second-order valence-electron chi connectivity index (χ2n) is 7.32. The quantitative estimate of drug-likeness (QED) is 0.224. The Kier molecular flexibility index (Phi) is 5.99. The number of ketones is 1. The smallest absolute Gasteiger partial charge is 0.193 e. The molecule has 0 aliphatic heterocycles. The highest BCUT2D eigenvalue weighted by atomic mass is 16.3. The average Bonchev–Trinajstić information content (AvgIpc) is 3.31. The molecule has 4 nitrogen and oxygen atoms in total. The largest absolute Gasteiger partial charge is 0.463 e. The van der Waals surface area contributed by atoms with Gasteiger partial charge in [0.25, 0.3) is 0 Å². The highest BCUT2D eigenvalue weighted by Gasteiger charge is 2.18. The normalized spacial score (nSPS) is 11.7. The first-order valence-corrected chi connectivity index (χ1v) is 10.0. The van der Waals surface area contributed by atoms with Crippen molar-refractivity contribution < 1.29 is 9.21 Å². The lowest BCUT2D eigenvalue weighted by Crippen LogP contribution is -2.12. The lowest BCUT2D eigenvalue weighted by molar-refractivity contribution is 0.103. The topological polar surface area (TPSA) is 54.9 Å². The van der Waals surface area contributed by atoms with Crippen LogP contribution in [0.1, 0.15) is 43.9 Å². The molecule has 0 aliphatic rings. The van der Waals surface area contributed by atoms with E-state index in [-0.39, 0.29) is 5.78 Å². The fourth-order valence-corrected chi connectivity index (χ4v) is 3.23. The Bertz CT molecular complexity index is 1230. The van der Waals surface area contributed by atoms with Crippen molar-refractivity contribution in [2.45, 2.75) is 13.8 Å². The van der Waals surface area contributed by atoms with Crippen LogP contribution in [-0.2, 0) is 0 Å². The van der Waals surface area contributed by atoms with E-state index in [0.717, 1.165) is 22.3 Å². The summed E-state index contributed by atoms with van der Waals surface area (Å²) in [4.78, 5) is 13.3. The summed E-state index contributed by atoms with van der Waals surface area (Å²) in [5.41, 5.74) is 5.71. The van der Waals surface area contributed by atoms with Gasteiger partial charge in [0.1, 0.15) is 11.5 Å². The van der Waals surface area contributed by atoms with Crippen LogP contribution >= 0.6 is 0 Å². The predicted octanol–water partition coefficient (Wildman–Crippen LogP) is 6.00. The molecular weight excluding hydrogens is 384 g/mol. The molecule has 0 amide bonds. The molecule has 31 heavy (non-hydrogen) atoms. The molecule has 3 aromatic carbocycles. The molecule has 0 spiro atoms. The number of aryl methyl sites for hydroxylation is 2. The monoisotopic (exact) mass is 406 g/mol. The molecule has 0 saturated carbocycles. The summed E-state index contributed by atoms with van der Waals surface area (Å²) < 4.78 is 5.30. The number of rotatable bonds is 6. The van der Waals surface area contributed by atoms with Gasteiger partial charge in [-0.3, -0.25) is 4.79 Å². The van der Waals surface area contributed by atoms with Crippen LogP contribution in [0.3, 0.4) is 0 Å². The first-order valence-electron chi connectivity index (χ1n) is 10.0. The van der Waals surface area contributed by atoms with Crippen molar-refractivity contribution in [1.29, 1.82) is 0 Å². The van der Waals surface area contributed by atoms with Crippen molar-refractivity contribution in [3.8, 4) is 0 Å². The third-order valence-corrected chi connectivity index (χ3v) is 4.95. The van der Waals surface area contributed by atoms with Gasteiger partial charge in [0, 0.05) is 22.3 Å². The van der Waals surface area contributed by atoms with Gasteiger partial charge in [0.05, 0.1) is 12.5 Å². The summed E-state index contributed by atoms with van der Waals surface area (Å²) in [7, 11) is 0. The fourth-order valence-electron chi connectivity index (χ4n) is 3.23. The Morgan fingerprint density at radius 2 is 1.35 bits per heavy atom. The zero-order valence-corrected chi connectivity index (χ0v) is 17.4. The minimum atomic E-state index is -0.0505. The van der Waals surface area contributed by atoms with E-state index in [0.29, 0.717) is 22.6 Å². The lowest BCUT2D eigenvalue weighted by Gasteiger charge is -2.12. The van der Waals surface area contributed by atoms with Crippen LogP contribution in [0.4, 0.5) is 0 Å². The molecular formula is C27H22N2O2. The minimum absolute atomic E-state index is 0.0505. The van der Waals surface area contributed by atoms with Crippen molar-refractivity contribution in [1.82, 2.24) is 0 Å². The molecule has 0 radical (unpaired) electrons. The average molecular weight is 406 g/mol. The van der Waals surface area contributed by atoms with Crippen LogP contribution in [0, 0.1) is 13.8 Å². The molecule has 0 fully saturated rings. The predicted molar refractivity (Wildman–Crippen MR) is 124 cm³/mol. The number of carbonyl (C=O) groups excluding carboxylic acids is 1. The molecule has 0 atom stereocenters. The van der Waals surface area contributed by atoms with Gasteiger partial charge in [-0.2, -0.15) is 5.10 Å². The Hall–Kier alpha value is -4.05. The summed E-state index contributed by atoms with van der Waals surface area (Å²) in [5.74, 6) is 0.557. The molecule has 0 unspecified atom stereocenters. The van der Waals surface area contributed by atoms with Gasteiger partial charge in [0.15, 0.2) is 5.78 Å². The SMILES string of the molecule is Cc1ccc(C(=O)c2ccccc2/C(=N/N=C/c2ccco2)c2ccc(C)cc2)cc1. The number of carbonyl (C=O) groups is 1. The highest BCUT2D eigenvalue weighted by molar-refractivity contribution is 6.21. The van der Waals surface area contributed by atoms with E-state index in [1.807, 2.05) is 86.6 Å². The van der Waals surface area contributed by atoms with E-state index in [1.165, 1.54) is 0 Å². The maximum absolute atomic E-state index is 13.3. The standard InChI is InChI=1S/C27H22N2O2/c1-19-9-13-21(14-10-19)26(29-28-18-23-6-5-17-31-23)24-7-3-4-8-25(24)27(30)22-15-11-20(2)12-16-22/h3-18H,1-2H3/b28-18+,29-26+. The summed E-state index contributed by atoms with van der Waals surface area (Å²) >= 11 is 0. The molecule has 0 aliphatic carbocycles. The molecule has 152 valence electrons. The molecule has 0 N–H and O–H groups in total. The van der Waals surface area contributed by atoms with Crippen LogP contribution in [0.25, 0.3) is 0 Å². The first kappa shape index (κ1) is 20.2. The van der Waals surface area contributed by atoms with Gasteiger partial charge < -0.3 is 4.42 Å². The molecule has 1 heterocycles. The van der Waals surface area contributed by atoms with Crippen molar-refractivity contribution in [2.75, 3.05) is 0 Å². The van der Waals surface area contributed by atoms with Gasteiger partial charge in [-0.1, -0.05) is 83.9 Å². The van der Waals surface area contributed by atoms with E-state index in [2.05, 4.69) is 10.2 Å². The van der Waals surface area contributed by atoms with Gasteiger partial charge in [-0.15, -0.1) is 5.10 Å². The van der Waals surface area contributed by atoms with E-state index >= 15 is 0 Å². The fraction of sp³-hybridized carbons (Fsp3) is 0.0741. The van der Waals surface area contributed by atoms with Crippen LogP contribution < -0.4 is 0 Å². The second kappa shape index (κ2) is 9.18. The third kappa shape index (κ3) is 4.75. The van der Waals surface area contributed by atoms with Crippen molar-refractivity contribution >= 4 is 17.7 Å². The Morgan fingerprint density at radius 1 is 0.742 bits per heavy atom. The van der Waals surface area contributed by atoms with E-state index in [4.69, 9.17) is 4.42 Å². The highest BCUT2D eigenvalue weighted by Crippen LogP contribution is 2.20. The van der Waals surface area contributed by atoms with Gasteiger partial charge >= 0.3 is 0 Å². The zero-order valence-electron chi connectivity index (χ0n) is 17.4. The minimum Gasteiger partial charge on any atom is -0.463 e. The number of furan rings is 1. The van der Waals surface area contributed by atoms with Gasteiger partial charge in [-0.05, 0) is 26.0 Å². The molecule has 1 aromatic heterocycles. The summed E-state index contributed by atoms with van der Waals surface area (Å²) in [6, 6.07) is 26.7. The number of hydrogen-bond donors (Lipinski definition) is 0. The van der Waals surface area contributed by atoms with Crippen LogP contribution in [0.15, 0.2) is 106 Å². The zero-order chi connectivity index (χ0) is 21.6. The molecule has 4 aromatic rings. The molecule has 4 heteroatoms. The maximum atomic E-state index is 13.3. The molecule has 0 bridgehead atoms. The van der Waals surface area contributed by atoms with E-state index < -0.39 is 0 Å². The Balaban J connectivity index is 1.80. The van der Waals surface area contributed by atoms with Gasteiger partial charge in [0.2, 0.25) is 0 Å². The number of benzene rings is 3. The van der Waals surface area contributed by atoms with E-state index in [1.54, 1.807) is 24.6 Å². The van der Waals surface area contributed by atoms with Crippen LogP contribution in [0.5, 0.6) is 0 Å². The number of hydrogen-bond acceptors (Lipinski definition) is 4. The molecule has 0 saturated heterocycles. The summed E-state index contributed by atoms with van der Waals surface area (Å²) in [5, 5.41) is 8.73. The maximum Gasteiger partial charge on any atom is 0.193 e.